The molecular weight excluding hydrogens is 304 g/mol. The Morgan fingerprint density at radius 3 is 2.89 bits per heavy atom. The maximum Gasteiger partial charge on any atom is 0.308 e. The van der Waals surface area contributed by atoms with E-state index in [4.69, 9.17) is 5.11 Å². The average Bonchev–Trinajstić information content (AvgIpc) is 2.71. The van der Waals surface area contributed by atoms with Crippen molar-refractivity contribution < 1.29 is 19.8 Å². The highest BCUT2D eigenvalue weighted by Gasteiger charge is 2.36. The summed E-state index contributed by atoms with van der Waals surface area (Å²) >= 11 is 3.22. The fraction of sp³-hybridized carbons (Fsp3) is 0.364. The van der Waals surface area contributed by atoms with Crippen LogP contribution in [0.4, 0.5) is 5.82 Å². The van der Waals surface area contributed by atoms with Crippen LogP contribution in [0.2, 0.25) is 0 Å². The van der Waals surface area contributed by atoms with Crippen molar-refractivity contribution >= 4 is 33.6 Å². The normalized spacial score (nSPS) is 19.3. The molecule has 0 bridgehead atoms. The number of nitrogens with zero attached hydrogens (tertiary/aromatic N) is 2. The molecule has 0 radical (unpaired) electrons. The Morgan fingerprint density at radius 2 is 2.33 bits per heavy atom. The molecule has 0 aromatic carbocycles. The number of carbonyl (C=O) groups excluding carboxylic acids is 1. The maximum absolute atomic E-state index is 11.8. The van der Waals surface area contributed by atoms with Gasteiger partial charge in [0.05, 0.1) is 12.5 Å². The topological polar surface area (TPSA) is 90.7 Å². The average molecular weight is 315 g/mol. The van der Waals surface area contributed by atoms with Gasteiger partial charge < -0.3 is 10.2 Å². The molecule has 2 heterocycles. The fourth-order valence-electron chi connectivity index (χ4n) is 1.91. The second-order valence-electron chi connectivity index (χ2n) is 4.04. The first kappa shape index (κ1) is 13.0. The van der Waals surface area contributed by atoms with Gasteiger partial charge in [-0.25, -0.2) is 4.98 Å². The molecule has 1 aliphatic rings. The summed E-state index contributed by atoms with van der Waals surface area (Å²) in [6, 6.07) is 1.66. The lowest BCUT2D eigenvalue weighted by molar-refractivity contribution is -0.141. The Labute approximate surface area is 111 Å². The number of halogens is 1. The Bertz CT molecular complexity index is 506. The number of aliphatic hydroxyl groups excluding tert-OH is 1. The smallest absolute Gasteiger partial charge is 0.308 e. The molecule has 1 unspecified atom stereocenters. The van der Waals surface area contributed by atoms with Crippen LogP contribution in [0.1, 0.15) is 12.0 Å². The number of aromatic nitrogens is 1. The molecule has 0 aliphatic carbocycles. The number of pyridine rings is 1. The summed E-state index contributed by atoms with van der Waals surface area (Å²) in [5.74, 6) is -1.66. The zero-order valence-electron chi connectivity index (χ0n) is 9.34. The lowest BCUT2D eigenvalue weighted by Gasteiger charge is -2.18. The van der Waals surface area contributed by atoms with Crippen LogP contribution < -0.4 is 4.90 Å². The van der Waals surface area contributed by atoms with Crippen molar-refractivity contribution in [2.24, 2.45) is 5.92 Å². The first-order valence-electron chi connectivity index (χ1n) is 5.31. The van der Waals surface area contributed by atoms with Crippen molar-refractivity contribution in [1.29, 1.82) is 0 Å². The van der Waals surface area contributed by atoms with Crippen LogP contribution in [0.5, 0.6) is 0 Å². The van der Waals surface area contributed by atoms with E-state index in [1.54, 1.807) is 6.07 Å². The summed E-state index contributed by atoms with van der Waals surface area (Å²) in [5, 5.41) is 18.2. The van der Waals surface area contributed by atoms with Gasteiger partial charge in [0.1, 0.15) is 5.82 Å². The van der Waals surface area contributed by atoms with Crippen molar-refractivity contribution in [2.75, 3.05) is 11.4 Å². The Hall–Kier alpha value is -1.47. The number of aliphatic carboxylic acids is 1. The van der Waals surface area contributed by atoms with Gasteiger partial charge in [-0.3, -0.25) is 14.5 Å². The molecule has 18 heavy (non-hydrogen) atoms. The number of hydrogen-bond acceptors (Lipinski definition) is 4. The summed E-state index contributed by atoms with van der Waals surface area (Å²) in [7, 11) is 0. The molecular formula is C11H11BrN2O4. The third kappa shape index (κ3) is 2.37. The fourth-order valence-corrected chi connectivity index (χ4v) is 2.29. The standard InChI is InChI=1S/C11H11BrN2O4/c12-8-1-7(5-15)10(13-3-8)14-4-6(11(17)18)2-9(14)16/h1,3,6,15H,2,4-5H2,(H,17,18). The van der Waals surface area contributed by atoms with E-state index in [9.17, 15) is 14.7 Å². The number of amides is 1. The molecule has 96 valence electrons. The minimum atomic E-state index is -0.992. The van der Waals surface area contributed by atoms with Gasteiger partial charge in [0.2, 0.25) is 5.91 Å². The maximum atomic E-state index is 11.8. The molecule has 1 atom stereocenters. The van der Waals surface area contributed by atoms with E-state index in [2.05, 4.69) is 20.9 Å². The van der Waals surface area contributed by atoms with Crippen LogP contribution >= 0.6 is 15.9 Å². The van der Waals surface area contributed by atoms with Crippen LogP contribution in [-0.2, 0) is 16.2 Å². The molecule has 0 saturated carbocycles. The van der Waals surface area contributed by atoms with Gasteiger partial charge in [-0.1, -0.05) is 0 Å². The number of aliphatic hydroxyl groups is 1. The lowest BCUT2D eigenvalue weighted by atomic mass is 10.1. The van der Waals surface area contributed by atoms with E-state index in [1.807, 2.05) is 0 Å². The second kappa shape index (κ2) is 5.03. The van der Waals surface area contributed by atoms with Crippen molar-refractivity contribution in [3.63, 3.8) is 0 Å². The summed E-state index contributed by atoms with van der Waals surface area (Å²) < 4.78 is 0.691. The number of carboxylic acid groups (broad SMARTS) is 1. The molecule has 1 amide bonds. The minimum Gasteiger partial charge on any atom is -0.481 e. The number of rotatable bonds is 3. The van der Waals surface area contributed by atoms with Crippen LogP contribution in [-0.4, -0.2) is 33.6 Å². The van der Waals surface area contributed by atoms with Crippen LogP contribution in [0.15, 0.2) is 16.7 Å². The summed E-state index contributed by atoms with van der Waals surface area (Å²) in [5.41, 5.74) is 0.490. The van der Waals surface area contributed by atoms with Crippen molar-refractivity contribution in [3.05, 3.63) is 22.3 Å². The molecule has 1 aromatic rings. The van der Waals surface area contributed by atoms with Crippen LogP contribution in [0.25, 0.3) is 0 Å². The van der Waals surface area contributed by atoms with Crippen molar-refractivity contribution in [3.8, 4) is 0 Å². The van der Waals surface area contributed by atoms with E-state index in [0.29, 0.717) is 15.9 Å². The molecule has 0 spiro atoms. The van der Waals surface area contributed by atoms with E-state index < -0.39 is 11.9 Å². The lowest BCUT2D eigenvalue weighted by Crippen LogP contribution is -2.27. The Kier molecular flexibility index (Phi) is 3.63. The second-order valence-corrected chi connectivity index (χ2v) is 4.95. The van der Waals surface area contributed by atoms with Gasteiger partial charge in [-0.15, -0.1) is 0 Å². The van der Waals surface area contributed by atoms with Crippen LogP contribution in [0, 0.1) is 5.92 Å². The number of anilines is 1. The minimum absolute atomic E-state index is 0.0298. The predicted octanol–water partition coefficient (Wildman–Crippen LogP) is 0.774. The zero-order valence-corrected chi connectivity index (χ0v) is 10.9. The third-order valence-electron chi connectivity index (χ3n) is 2.81. The van der Waals surface area contributed by atoms with Crippen molar-refractivity contribution in [2.45, 2.75) is 13.0 Å². The molecule has 1 saturated heterocycles. The van der Waals surface area contributed by atoms with Gasteiger partial charge in [-0.2, -0.15) is 0 Å². The van der Waals surface area contributed by atoms with E-state index >= 15 is 0 Å². The van der Waals surface area contributed by atoms with Crippen LogP contribution in [0.3, 0.4) is 0 Å². The molecule has 1 aliphatic heterocycles. The third-order valence-corrected chi connectivity index (χ3v) is 3.24. The number of carbonyl (C=O) groups is 2. The zero-order chi connectivity index (χ0) is 13.3. The van der Waals surface area contributed by atoms with Gasteiger partial charge in [0.25, 0.3) is 0 Å². The summed E-state index contributed by atoms with van der Waals surface area (Å²) in [6.45, 7) is -0.168. The first-order valence-corrected chi connectivity index (χ1v) is 6.10. The molecule has 2 N–H and O–H groups in total. The SMILES string of the molecule is O=C(O)C1CC(=O)N(c2ncc(Br)cc2CO)C1. The number of carboxylic acids is 1. The highest BCUT2D eigenvalue weighted by Crippen LogP contribution is 2.28. The molecule has 1 fully saturated rings. The molecule has 6 nitrogen and oxygen atoms in total. The summed E-state index contributed by atoms with van der Waals surface area (Å²) in [4.78, 5) is 28.0. The largest absolute Gasteiger partial charge is 0.481 e. The van der Waals surface area contributed by atoms with Gasteiger partial charge in [0, 0.05) is 29.2 Å². The Balaban J connectivity index is 2.32. The highest BCUT2D eigenvalue weighted by atomic mass is 79.9. The van der Waals surface area contributed by atoms with Gasteiger partial charge >= 0.3 is 5.97 Å². The summed E-state index contributed by atoms with van der Waals surface area (Å²) in [6.07, 6.45) is 1.48. The van der Waals surface area contributed by atoms with E-state index in [1.165, 1.54) is 11.1 Å². The predicted molar refractivity (Wildman–Crippen MR) is 66.0 cm³/mol. The Morgan fingerprint density at radius 1 is 1.61 bits per heavy atom. The molecule has 1 aromatic heterocycles. The van der Waals surface area contributed by atoms with Gasteiger partial charge in [-0.05, 0) is 22.0 Å². The van der Waals surface area contributed by atoms with Gasteiger partial charge in [0.15, 0.2) is 0 Å². The van der Waals surface area contributed by atoms with E-state index in [-0.39, 0.29) is 25.5 Å². The quantitative estimate of drug-likeness (QED) is 0.860. The van der Waals surface area contributed by atoms with E-state index in [0.717, 1.165) is 0 Å². The van der Waals surface area contributed by atoms with Crippen molar-refractivity contribution in [1.82, 2.24) is 4.98 Å². The molecule has 7 heteroatoms. The first-order chi connectivity index (χ1) is 8.52. The monoisotopic (exact) mass is 314 g/mol. The molecule has 2 rings (SSSR count). The highest BCUT2D eigenvalue weighted by molar-refractivity contribution is 9.10. The number of hydrogen-bond donors (Lipinski definition) is 2.